The van der Waals surface area contributed by atoms with Crippen molar-refractivity contribution < 1.29 is 23.4 Å². The van der Waals surface area contributed by atoms with Gasteiger partial charge in [-0.25, -0.2) is 9.37 Å². The Balaban J connectivity index is 1.91. The molecule has 180 valence electrons. The fraction of sp³-hybridized carbons (Fsp3) is 0.160. The van der Waals surface area contributed by atoms with Gasteiger partial charge < -0.3 is 14.2 Å². The molecule has 0 atom stereocenters. The van der Waals surface area contributed by atoms with Crippen molar-refractivity contribution in [1.82, 2.24) is 9.55 Å². The van der Waals surface area contributed by atoms with Crippen molar-refractivity contribution in [2.24, 2.45) is 0 Å². The highest BCUT2D eigenvalue weighted by molar-refractivity contribution is 7.99. The van der Waals surface area contributed by atoms with Crippen LogP contribution in [-0.2, 0) is 0 Å². The number of carbonyl (C=O) groups is 1. The molecular formula is C25H20ClFN2O5S. The van der Waals surface area contributed by atoms with Crippen molar-refractivity contribution in [2.45, 2.75) is 5.16 Å². The van der Waals surface area contributed by atoms with E-state index in [1.165, 1.54) is 50.2 Å². The van der Waals surface area contributed by atoms with Gasteiger partial charge in [0.25, 0.3) is 5.56 Å². The van der Waals surface area contributed by atoms with E-state index >= 15 is 0 Å². The molecule has 4 aromatic rings. The summed E-state index contributed by atoms with van der Waals surface area (Å²) < 4.78 is 31.6. The van der Waals surface area contributed by atoms with Gasteiger partial charge in [-0.05, 0) is 48.5 Å². The van der Waals surface area contributed by atoms with Gasteiger partial charge >= 0.3 is 0 Å². The Bertz CT molecular complexity index is 1470. The van der Waals surface area contributed by atoms with Crippen LogP contribution < -0.4 is 19.8 Å². The van der Waals surface area contributed by atoms with Crippen LogP contribution in [0.4, 0.5) is 4.39 Å². The highest BCUT2D eigenvalue weighted by Crippen LogP contribution is 2.42. The van der Waals surface area contributed by atoms with Crippen LogP contribution in [0.1, 0.15) is 10.4 Å². The molecule has 0 N–H and O–H groups in total. The summed E-state index contributed by atoms with van der Waals surface area (Å²) in [5.41, 5.74) is 0.469. The minimum absolute atomic E-state index is 0.0233. The normalized spacial score (nSPS) is 10.9. The number of fused-ring (bicyclic) bond motifs is 1. The van der Waals surface area contributed by atoms with Crippen molar-refractivity contribution in [2.75, 3.05) is 27.1 Å². The molecule has 0 aliphatic carbocycles. The maximum absolute atomic E-state index is 14.1. The van der Waals surface area contributed by atoms with Gasteiger partial charge in [-0.2, -0.15) is 0 Å². The standard InChI is InChI=1S/C25H20ClFN2O5S/c1-32-20-12-18-21(23(34-3)22(20)33-2)28-25(29(24(18)31)17-6-4-5-16(27)11-17)35-13-19(30)14-7-9-15(26)10-8-14/h4-12H,13H2,1-3H3. The molecule has 1 aromatic heterocycles. The van der Waals surface area contributed by atoms with Crippen LogP contribution in [0.5, 0.6) is 17.2 Å². The number of Topliss-reactive ketones (excluding diaryl/α,β-unsaturated/α-hetero) is 1. The molecule has 3 aromatic carbocycles. The molecule has 0 saturated carbocycles. The summed E-state index contributed by atoms with van der Waals surface area (Å²) in [4.78, 5) is 31.1. The van der Waals surface area contributed by atoms with Gasteiger partial charge in [0.15, 0.2) is 22.4 Å². The molecule has 10 heteroatoms. The second kappa shape index (κ2) is 10.4. The first-order valence-corrected chi connectivity index (χ1v) is 11.7. The first-order chi connectivity index (χ1) is 16.9. The van der Waals surface area contributed by atoms with Crippen molar-refractivity contribution in [3.8, 4) is 22.9 Å². The second-order valence-electron chi connectivity index (χ2n) is 7.28. The highest BCUT2D eigenvalue weighted by Gasteiger charge is 2.23. The smallest absolute Gasteiger partial charge is 0.266 e. The third-order valence-electron chi connectivity index (χ3n) is 5.20. The summed E-state index contributed by atoms with van der Waals surface area (Å²) in [5, 5.41) is 0.875. The first-order valence-electron chi connectivity index (χ1n) is 10.3. The number of nitrogens with zero attached hydrogens (tertiary/aromatic N) is 2. The molecule has 0 aliphatic heterocycles. The van der Waals surface area contributed by atoms with Gasteiger partial charge in [0, 0.05) is 10.6 Å². The minimum Gasteiger partial charge on any atom is -0.493 e. The fourth-order valence-corrected chi connectivity index (χ4v) is 4.58. The van der Waals surface area contributed by atoms with Gasteiger partial charge in [-0.15, -0.1) is 0 Å². The van der Waals surface area contributed by atoms with Crippen LogP contribution in [0, 0.1) is 5.82 Å². The average Bonchev–Trinajstić information content (AvgIpc) is 2.86. The van der Waals surface area contributed by atoms with E-state index in [9.17, 15) is 14.0 Å². The quantitative estimate of drug-likeness (QED) is 0.182. The number of carbonyl (C=O) groups excluding carboxylic acids is 1. The van der Waals surface area contributed by atoms with Crippen LogP contribution in [0.3, 0.4) is 0 Å². The van der Waals surface area contributed by atoms with Gasteiger partial charge in [-0.3, -0.25) is 14.2 Å². The Kier molecular flexibility index (Phi) is 7.28. The maximum atomic E-state index is 14.1. The van der Waals surface area contributed by atoms with Crippen molar-refractivity contribution >= 4 is 40.0 Å². The molecule has 0 bridgehead atoms. The molecule has 0 fully saturated rings. The SMILES string of the molecule is COc1cc2c(=O)n(-c3cccc(F)c3)c(SCC(=O)c3ccc(Cl)cc3)nc2c(OC)c1OC. The molecule has 35 heavy (non-hydrogen) atoms. The lowest BCUT2D eigenvalue weighted by molar-refractivity contribution is 0.102. The van der Waals surface area contributed by atoms with Gasteiger partial charge in [0.05, 0.1) is 38.2 Å². The van der Waals surface area contributed by atoms with Gasteiger partial charge in [0.2, 0.25) is 5.75 Å². The number of methoxy groups -OCH3 is 3. The van der Waals surface area contributed by atoms with Gasteiger partial charge in [0.1, 0.15) is 11.3 Å². The summed E-state index contributed by atoms with van der Waals surface area (Å²) in [7, 11) is 4.31. The molecule has 4 rings (SSSR count). The van der Waals surface area contributed by atoms with E-state index in [-0.39, 0.29) is 50.5 Å². The summed E-state index contributed by atoms with van der Waals surface area (Å²) >= 11 is 6.96. The number of ether oxygens (including phenoxy) is 3. The zero-order valence-electron chi connectivity index (χ0n) is 19.0. The number of hydrogen-bond acceptors (Lipinski definition) is 7. The molecule has 0 radical (unpaired) electrons. The molecule has 7 nitrogen and oxygen atoms in total. The number of hydrogen-bond donors (Lipinski definition) is 0. The van der Waals surface area contributed by atoms with Crippen molar-refractivity contribution in [1.29, 1.82) is 0 Å². The molecular weight excluding hydrogens is 495 g/mol. The largest absolute Gasteiger partial charge is 0.493 e. The van der Waals surface area contributed by atoms with Crippen LogP contribution in [0.15, 0.2) is 64.5 Å². The van der Waals surface area contributed by atoms with Crippen LogP contribution in [0.2, 0.25) is 5.02 Å². The number of halogens is 2. The Labute approximate surface area is 209 Å². The first kappa shape index (κ1) is 24.6. The van der Waals surface area contributed by atoms with Crippen molar-refractivity contribution in [3.05, 3.63) is 81.4 Å². The summed E-state index contributed by atoms with van der Waals surface area (Å²) in [5.74, 6) is 0.0191. The number of thioether (sulfide) groups is 1. The lowest BCUT2D eigenvalue weighted by Gasteiger charge is -2.17. The molecule has 0 aliphatic rings. The Morgan fingerprint density at radius 2 is 1.74 bits per heavy atom. The lowest BCUT2D eigenvalue weighted by Crippen LogP contribution is -2.23. The van der Waals surface area contributed by atoms with Gasteiger partial charge in [-0.1, -0.05) is 29.4 Å². The Morgan fingerprint density at radius 3 is 2.37 bits per heavy atom. The number of benzene rings is 3. The highest BCUT2D eigenvalue weighted by atomic mass is 35.5. The molecule has 1 heterocycles. The second-order valence-corrected chi connectivity index (χ2v) is 8.65. The lowest BCUT2D eigenvalue weighted by atomic mass is 10.1. The molecule has 0 saturated heterocycles. The van der Waals surface area contributed by atoms with E-state index in [0.29, 0.717) is 10.6 Å². The number of ketones is 1. The predicted molar refractivity (Wildman–Crippen MR) is 133 cm³/mol. The zero-order valence-corrected chi connectivity index (χ0v) is 20.6. The molecule has 0 spiro atoms. The summed E-state index contributed by atoms with van der Waals surface area (Å²) in [6, 6.07) is 13.6. The van der Waals surface area contributed by atoms with E-state index in [4.69, 9.17) is 25.8 Å². The van der Waals surface area contributed by atoms with Crippen molar-refractivity contribution in [3.63, 3.8) is 0 Å². The third kappa shape index (κ3) is 4.82. The van der Waals surface area contributed by atoms with E-state index < -0.39 is 11.4 Å². The fourth-order valence-electron chi connectivity index (χ4n) is 3.56. The number of aromatic nitrogens is 2. The van der Waals surface area contributed by atoms with E-state index in [0.717, 1.165) is 11.8 Å². The average molecular weight is 515 g/mol. The summed E-state index contributed by atoms with van der Waals surface area (Å²) in [6.45, 7) is 0. The Hall–Kier alpha value is -3.56. The minimum atomic E-state index is -0.521. The number of rotatable bonds is 8. The van der Waals surface area contributed by atoms with Crippen LogP contribution in [0.25, 0.3) is 16.6 Å². The topological polar surface area (TPSA) is 79.7 Å². The predicted octanol–water partition coefficient (Wildman–Crippen LogP) is 5.18. The third-order valence-corrected chi connectivity index (χ3v) is 6.39. The monoisotopic (exact) mass is 514 g/mol. The zero-order chi connectivity index (χ0) is 25.1. The Morgan fingerprint density at radius 1 is 1.03 bits per heavy atom. The molecule has 0 unspecified atom stereocenters. The van der Waals surface area contributed by atoms with Crippen LogP contribution >= 0.6 is 23.4 Å². The van der Waals surface area contributed by atoms with E-state index in [1.54, 1.807) is 30.3 Å². The van der Waals surface area contributed by atoms with Crippen LogP contribution in [-0.4, -0.2) is 42.4 Å². The maximum Gasteiger partial charge on any atom is 0.266 e. The van der Waals surface area contributed by atoms with E-state index in [1.807, 2.05) is 0 Å². The van der Waals surface area contributed by atoms with E-state index in [2.05, 4.69) is 4.98 Å². The summed E-state index contributed by atoms with van der Waals surface area (Å²) in [6.07, 6.45) is 0. The molecule has 0 amide bonds.